The van der Waals surface area contributed by atoms with Crippen LogP contribution < -0.4 is 0 Å². The summed E-state index contributed by atoms with van der Waals surface area (Å²) >= 11 is 0. The van der Waals surface area contributed by atoms with E-state index in [-0.39, 0.29) is 63.1 Å². The molecule has 11 heavy (non-hydrogen) atoms. The molecule has 0 spiro atoms. The van der Waals surface area contributed by atoms with E-state index in [9.17, 15) is 8.42 Å². The van der Waals surface area contributed by atoms with Crippen molar-refractivity contribution in [2.75, 3.05) is 0 Å². The molecule has 0 aliphatic heterocycles. The second-order valence-corrected chi connectivity index (χ2v) is 3.21. The molecular weight excluding hydrogens is 238 g/mol. The SMILES string of the molecule is O=S(=O)(O)c1ccccc1.[RbH]. The summed E-state index contributed by atoms with van der Waals surface area (Å²) in [6.07, 6.45) is 0. The molecule has 0 radical (unpaired) electrons. The van der Waals surface area contributed by atoms with Crippen molar-refractivity contribution in [2.45, 2.75) is 4.90 Å². The van der Waals surface area contributed by atoms with Gasteiger partial charge in [0.25, 0.3) is 10.1 Å². The maximum atomic E-state index is 10.4. The Morgan fingerprint density at radius 3 is 1.82 bits per heavy atom. The van der Waals surface area contributed by atoms with Gasteiger partial charge in [0.05, 0.1) is 4.90 Å². The first-order chi connectivity index (χ1) is 4.61. The van der Waals surface area contributed by atoms with Gasteiger partial charge in [-0.15, -0.1) is 0 Å². The van der Waals surface area contributed by atoms with Crippen LogP contribution in [-0.4, -0.2) is 71.2 Å². The van der Waals surface area contributed by atoms with Gasteiger partial charge in [-0.2, -0.15) is 8.42 Å². The molecule has 0 aromatic heterocycles. The van der Waals surface area contributed by atoms with Gasteiger partial charge in [0.1, 0.15) is 0 Å². The van der Waals surface area contributed by atoms with E-state index in [1.54, 1.807) is 18.2 Å². The summed E-state index contributed by atoms with van der Waals surface area (Å²) in [5.74, 6) is 0. The summed E-state index contributed by atoms with van der Waals surface area (Å²) in [6, 6.07) is 7.42. The molecule has 0 heterocycles. The molecule has 3 nitrogen and oxygen atoms in total. The predicted octanol–water partition coefficient (Wildman–Crippen LogP) is 0.285. The van der Waals surface area contributed by atoms with Gasteiger partial charge in [-0.3, -0.25) is 4.55 Å². The normalized spacial score (nSPS) is 10.3. The van der Waals surface area contributed by atoms with Crippen molar-refractivity contribution >= 4 is 68.3 Å². The fourth-order valence-corrected chi connectivity index (χ4v) is 1.09. The van der Waals surface area contributed by atoms with Crippen molar-refractivity contribution in [3.63, 3.8) is 0 Å². The first-order valence-corrected chi connectivity index (χ1v) is 4.07. The fraction of sp³-hybridized carbons (Fsp3) is 0. The molecular formula is C6H7O3RbS. The van der Waals surface area contributed by atoms with Crippen LogP contribution in [0.5, 0.6) is 0 Å². The van der Waals surface area contributed by atoms with Gasteiger partial charge in [-0.05, 0) is 12.1 Å². The van der Waals surface area contributed by atoms with Crippen LogP contribution in [0.3, 0.4) is 0 Å². The number of hydrogen-bond acceptors (Lipinski definition) is 2. The van der Waals surface area contributed by atoms with Crippen LogP contribution in [0.25, 0.3) is 0 Å². The fourth-order valence-electron chi connectivity index (χ4n) is 0.592. The average molecular weight is 245 g/mol. The monoisotopic (exact) mass is 244 g/mol. The van der Waals surface area contributed by atoms with Gasteiger partial charge >= 0.3 is 58.2 Å². The second kappa shape index (κ2) is 4.84. The minimum atomic E-state index is -4.00. The van der Waals surface area contributed by atoms with Crippen LogP contribution in [0.2, 0.25) is 0 Å². The summed E-state index contributed by atoms with van der Waals surface area (Å²) in [7, 11) is -4.00. The van der Waals surface area contributed by atoms with Crippen molar-refractivity contribution < 1.29 is 13.0 Å². The molecule has 0 saturated carbocycles. The van der Waals surface area contributed by atoms with E-state index in [4.69, 9.17) is 4.55 Å². The van der Waals surface area contributed by atoms with Gasteiger partial charge in [0.2, 0.25) is 0 Å². The third kappa shape index (κ3) is 3.91. The molecule has 0 fully saturated rings. The Kier molecular flexibility index (Phi) is 5.25. The van der Waals surface area contributed by atoms with Crippen molar-refractivity contribution in [2.24, 2.45) is 0 Å². The molecule has 0 aliphatic rings. The first kappa shape index (κ1) is 11.9. The molecule has 1 aromatic rings. The zero-order valence-corrected chi connectivity index (χ0v) is 5.88. The number of benzene rings is 1. The summed E-state index contributed by atoms with van der Waals surface area (Å²) in [5.41, 5.74) is 0. The minimum absolute atomic E-state index is 0. The van der Waals surface area contributed by atoms with Crippen molar-refractivity contribution in [1.82, 2.24) is 0 Å². The molecule has 1 N–H and O–H groups in total. The van der Waals surface area contributed by atoms with Crippen LogP contribution in [0, 0.1) is 0 Å². The van der Waals surface area contributed by atoms with Gasteiger partial charge in [0.15, 0.2) is 0 Å². The topological polar surface area (TPSA) is 54.4 Å². The zero-order valence-electron chi connectivity index (χ0n) is 5.06. The van der Waals surface area contributed by atoms with Gasteiger partial charge in [-0.1, -0.05) is 18.2 Å². The molecule has 0 atom stereocenters. The first-order valence-electron chi connectivity index (χ1n) is 2.63. The van der Waals surface area contributed by atoms with Crippen LogP contribution in [0.15, 0.2) is 35.2 Å². The second-order valence-electron chi connectivity index (χ2n) is 1.79. The van der Waals surface area contributed by atoms with Crippen molar-refractivity contribution in [1.29, 1.82) is 0 Å². The summed E-state index contributed by atoms with van der Waals surface area (Å²) in [5, 5.41) is 0. The molecule has 5 heteroatoms. The van der Waals surface area contributed by atoms with E-state index in [0.29, 0.717) is 0 Å². The van der Waals surface area contributed by atoms with Gasteiger partial charge < -0.3 is 0 Å². The van der Waals surface area contributed by atoms with Gasteiger partial charge in [0, 0.05) is 0 Å². The van der Waals surface area contributed by atoms with Crippen LogP contribution in [0.1, 0.15) is 0 Å². The average Bonchev–Trinajstić information content (AvgIpc) is 1.88. The molecule has 1 aromatic carbocycles. The quantitative estimate of drug-likeness (QED) is 0.723. The Morgan fingerprint density at radius 1 is 1.09 bits per heavy atom. The third-order valence-corrected chi connectivity index (χ3v) is 1.91. The maximum absolute atomic E-state index is 10.4. The summed E-state index contributed by atoms with van der Waals surface area (Å²) in [4.78, 5) is -0.0741. The van der Waals surface area contributed by atoms with E-state index >= 15 is 0 Å². The van der Waals surface area contributed by atoms with E-state index in [0.717, 1.165) is 0 Å². The van der Waals surface area contributed by atoms with Gasteiger partial charge in [-0.25, -0.2) is 0 Å². The Bertz CT molecular complexity index is 306. The predicted molar refractivity (Wildman–Crippen MR) is 43.4 cm³/mol. The molecule has 0 amide bonds. The summed E-state index contributed by atoms with van der Waals surface area (Å²) in [6.45, 7) is 0. The third-order valence-electron chi connectivity index (χ3n) is 1.04. The van der Waals surface area contributed by atoms with Crippen LogP contribution >= 0.6 is 0 Å². The van der Waals surface area contributed by atoms with E-state index in [1.165, 1.54) is 12.1 Å². The zero-order chi connectivity index (χ0) is 7.61. The van der Waals surface area contributed by atoms with E-state index < -0.39 is 10.1 Å². The Balaban J connectivity index is 0.000001000. The Morgan fingerprint density at radius 2 is 1.55 bits per heavy atom. The number of rotatable bonds is 1. The Hall–Kier alpha value is 0.935. The summed E-state index contributed by atoms with van der Waals surface area (Å²) < 4.78 is 29.2. The molecule has 56 valence electrons. The molecule has 0 bridgehead atoms. The number of hydrogen-bond donors (Lipinski definition) is 1. The standard InChI is InChI=1S/C6H6O3S.Rb.H/c7-10(8,9)6-4-2-1-3-5-6;;/h1-5H,(H,7,8,9);;. The molecule has 0 saturated heterocycles. The molecule has 1 rings (SSSR count). The molecule has 0 aliphatic carbocycles. The Labute approximate surface area is 114 Å². The van der Waals surface area contributed by atoms with Crippen molar-refractivity contribution in [3.8, 4) is 0 Å². The van der Waals surface area contributed by atoms with E-state index in [1.807, 2.05) is 0 Å². The van der Waals surface area contributed by atoms with Crippen LogP contribution in [-0.2, 0) is 10.1 Å². The molecule has 0 unspecified atom stereocenters. The van der Waals surface area contributed by atoms with E-state index in [2.05, 4.69) is 0 Å². The van der Waals surface area contributed by atoms with Crippen molar-refractivity contribution in [3.05, 3.63) is 30.3 Å². The van der Waals surface area contributed by atoms with Crippen LogP contribution in [0.4, 0.5) is 0 Å².